The monoisotopic (exact) mass is 277 g/mol. The van der Waals surface area contributed by atoms with Gasteiger partial charge in [-0.3, -0.25) is 4.79 Å². The topological polar surface area (TPSA) is 68.0 Å². The van der Waals surface area contributed by atoms with E-state index in [2.05, 4.69) is 16.4 Å². The van der Waals surface area contributed by atoms with Gasteiger partial charge in [-0.05, 0) is 30.5 Å². The van der Waals surface area contributed by atoms with Gasteiger partial charge in [-0.25, -0.2) is 4.98 Å². The van der Waals surface area contributed by atoms with Crippen LogP contribution >= 0.6 is 11.3 Å². The molecule has 19 heavy (non-hydrogen) atoms. The fourth-order valence-electron chi connectivity index (χ4n) is 1.79. The molecule has 0 aliphatic rings. The van der Waals surface area contributed by atoms with Gasteiger partial charge in [-0.1, -0.05) is 37.7 Å². The van der Waals surface area contributed by atoms with Crippen molar-refractivity contribution >= 4 is 32.6 Å². The number of hydrogen-bond acceptors (Lipinski definition) is 4. The lowest BCUT2D eigenvalue weighted by Crippen LogP contribution is -2.40. The van der Waals surface area contributed by atoms with Crippen molar-refractivity contribution in [2.24, 2.45) is 11.7 Å². The fraction of sp³-hybridized carbons (Fsp3) is 0.429. The summed E-state index contributed by atoms with van der Waals surface area (Å²) in [4.78, 5) is 16.4. The lowest BCUT2D eigenvalue weighted by molar-refractivity contribution is -0.118. The first-order valence-corrected chi connectivity index (χ1v) is 7.26. The molecule has 0 saturated heterocycles. The highest BCUT2D eigenvalue weighted by atomic mass is 32.1. The van der Waals surface area contributed by atoms with Crippen molar-refractivity contribution in [3.05, 3.63) is 23.8 Å². The van der Waals surface area contributed by atoms with E-state index >= 15 is 0 Å². The van der Waals surface area contributed by atoms with Crippen LogP contribution in [0.5, 0.6) is 0 Å². The average Bonchev–Trinajstić information content (AvgIpc) is 2.77. The van der Waals surface area contributed by atoms with Gasteiger partial charge in [0.15, 0.2) is 5.13 Å². The summed E-state index contributed by atoms with van der Waals surface area (Å²) in [5.74, 6) is 0.00162. The first-order valence-electron chi connectivity index (χ1n) is 6.45. The second-order valence-corrected chi connectivity index (χ2v) is 5.92. The van der Waals surface area contributed by atoms with E-state index in [1.54, 1.807) is 0 Å². The largest absolute Gasteiger partial charge is 0.320 e. The Morgan fingerprint density at radius 3 is 2.95 bits per heavy atom. The first-order chi connectivity index (χ1) is 9.01. The number of hydrogen-bond donors (Lipinski definition) is 2. The zero-order chi connectivity index (χ0) is 14.0. The van der Waals surface area contributed by atoms with Crippen LogP contribution in [0.15, 0.2) is 18.2 Å². The molecule has 0 fully saturated rings. The summed E-state index contributed by atoms with van der Waals surface area (Å²) in [7, 11) is 0. The Morgan fingerprint density at radius 2 is 2.26 bits per heavy atom. The Morgan fingerprint density at radius 1 is 1.53 bits per heavy atom. The number of thiazole rings is 1. The molecule has 1 aromatic carbocycles. The molecule has 0 bridgehead atoms. The highest BCUT2D eigenvalue weighted by Gasteiger charge is 2.20. The highest BCUT2D eigenvalue weighted by Crippen LogP contribution is 2.26. The molecule has 1 aromatic heterocycles. The Bertz CT molecular complexity index is 593. The number of benzene rings is 1. The molecular weight excluding hydrogens is 258 g/mol. The quantitative estimate of drug-likeness (QED) is 0.903. The molecule has 4 nitrogen and oxygen atoms in total. The van der Waals surface area contributed by atoms with Crippen molar-refractivity contribution in [1.29, 1.82) is 0 Å². The molecular formula is C14H19N3OS. The predicted molar refractivity (Wildman–Crippen MR) is 80.4 cm³/mol. The Balaban J connectivity index is 2.15. The minimum Gasteiger partial charge on any atom is -0.320 e. The van der Waals surface area contributed by atoms with E-state index in [0.29, 0.717) is 5.13 Å². The maximum Gasteiger partial charge on any atom is 0.243 e. The minimum absolute atomic E-state index is 0.162. The van der Waals surface area contributed by atoms with Crippen LogP contribution in [-0.4, -0.2) is 16.9 Å². The maximum atomic E-state index is 12.0. The van der Waals surface area contributed by atoms with E-state index < -0.39 is 6.04 Å². The van der Waals surface area contributed by atoms with Gasteiger partial charge in [-0.2, -0.15) is 0 Å². The molecule has 2 atom stereocenters. The Kier molecular flexibility index (Phi) is 4.17. The minimum atomic E-state index is -0.487. The summed E-state index contributed by atoms with van der Waals surface area (Å²) in [6.45, 7) is 6.04. The first kappa shape index (κ1) is 14.0. The van der Waals surface area contributed by atoms with Crippen LogP contribution in [0.1, 0.15) is 25.8 Å². The average molecular weight is 277 g/mol. The number of nitrogens with two attached hydrogens (primary N) is 1. The number of amides is 1. The zero-order valence-corrected chi connectivity index (χ0v) is 12.3. The number of fused-ring (bicyclic) bond motifs is 1. The number of anilines is 1. The van der Waals surface area contributed by atoms with E-state index in [0.717, 1.165) is 16.6 Å². The molecule has 5 heteroatoms. The predicted octanol–water partition coefficient (Wildman–Crippen LogP) is 2.92. The van der Waals surface area contributed by atoms with Crippen molar-refractivity contribution in [3.63, 3.8) is 0 Å². The van der Waals surface area contributed by atoms with E-state index in [1.165, 1.54) is 16.9 Å². The summed E-state index contributed by atoms with van der Waals surface area (Å²) in [5, 5.41) is 3.42. The van der Waals surface area contributed by atoms with Gasteiger partial charge in [0.1, 0.15) is 0 Å². The van der Waals surface area contributed by atoms with Crippen molar-refractivity contribution in [2.45, 2.75) is 33.2 Å². The molecule has 0 saturated carbocycles. The van der Waals surface area contributed by atoms with Crippen molar-refractivity contribution in [1.82, 2.24) is 4.98 Å². The zero-order valence-electron chi connectivity index (χ0n) is 11.4. The number of aromatic nitrogens is 1. The lowest BCUT2D eigenvalue weighted by Gasteiger charge is -2.16. The lowest BCUT2D eigenvalue weighted by atomic mass is 10.00. The molecule has 1 amide bonds. The summed E-state index contributed by atoms with van der Waals surface area (Å²) >= 11 is 1.48. The SMILES string of the molecule is CCC(C)[C@H](N)C(=O)Nc1nc2ccc(C)cc2s1. The third kappa shape index (κ3) is 3.11. The normalized spacial score (nSPS) is 14.3. The maximum absolute atomic E-state index is 12.0. The Hall–Kier alpha value is -1.46. The number of carbonyl (C=O) groups is 1. The number of nitrogens with zero attached hydrogens (tertiary/aromatic N) is 1. The van der Waals surface area contributed by atoms with Crippen LogP contribution in [0.2, 0.25) is 0 Å². The molecule has 0 aliphatic carbocycles. The number of rotatable bonds is 4. The van der Waals surface area contributed by atoms with Gasteiger partial charge in [0.25, 0.3) is 0 Å². The van der Waals surface area contributed by atoms with E-state index in [1.807, 2.05) is 32.9 Å². The number of aryl methyl sites for hydroxylation is 1. The molecule has 3 N–H and O–H groups in total. The van der Waals surface area contributed by atoms with Crippen LogP contribution in [0, 0.1) is 12.8 Å². The van der Waals surface area contributed by atoms with Crippen LogP contribution in [-0.2, 0) is 4.79 Å². The number of carbonyl (C=O) groups excluding carboxylic acids is 1. The number of nitrogens with one attached hydrogen (secondary N) is 1. The highest BCUT2D eigenvalue weighted by molar-refractivity contribution is 7.22. The standard InChI is InChI=1S/C14H19N3OS/c1-4-9(3)12(15)13(18)17-14-16-10-6-5-8(2)7-11(10)19-14/h5-7,9,12H,4,15H2,1-3H3,(H,16,17,18)/t9?,12-/m0/s1. The summed E-state index contributed by atoms with van der Waals surface area (Å²) in [6, 6.07) is 5.56. The van der Waals surface area contributed by atoms with Gasteiger partial charge in [0.2, 0.25) is 5.91 Å². The molecule has 0 spiro atoms. The third-order valence-corrected chi connectivity index (χ3v) is 4.27. The second-order valence-electron chi connectivity index (χ2n) is 4.89. The fourth-order valence-corrected chi connectivity index (χ4v) is 2.75. The van der Waals surface area contributed by atoms with Crippen molar-refractivity contribution in [2.75, 3.05) is 5.32 Å². The van der Waals surface area contributed by atoms with E-state index in [-0.39, 0.29) is 11.8 Å². The van der Waals surface area contributed by atoms with Crippen molar-refractivity contribution in [3.8, 4) is 0 Å². The van der Waals surface area contributed by atoms with Gasteiger partial charge in [-0.15, -0.1) is 0 Å². The summed E-state index contributed by atoms with van der Waals surface area (Å²) in [5.41, 5.74) is 7.99. The molecule has 1 heterocycles. The summed E-state index contributed by atoms with van der Waals surface area (Å²) < 4.78 is 1.08. The molecule has 102 valence electrons. The molecule has 0 radical (unpaired) electrons. The van der Waals surface area contributed by atoms with Crippen LogP contribution in [0.25, 0.3) is 10.2 Å². The molecule has 1 unspecified atom stereocenters. The third-order valence-electron chi connectivity index (χ3n) is 3.33. The summed E-state index contributed by atoms with van der Waals surface area (Å²) in [6.07, 6.45) is 0.883. The van der Waals surface area contributed by atoms with Gasteiger partial charge in [0.05, 0.1) is 16.3 Å². The molecule has 2 aromatic rings. The van der Waals surface area contributed by atoms with Gasteiger partial charge in [0, 0.05) is 0 Å². The van der Waals surface area contributed by atoms with Gasteiger partial charge < -0.3 is 11.1 Å². The van der Waals surface area contributed by atoms with Crippen LogP contribution in [0.4, 0.5) is 5.13 Å². The van der Waals surface area contributed by atoms with Crippen LogP contribution < -0.4 is 11.1 Å². The smallest absolute Gasteiger partial charge is 0.243 e. The Labute approximate surface area is 117 Å². The molecule has 2 rings (SSSR count). The second kappa shape index (κ2) is 5.67. The molecule has 0 aliphatic heterocycles. The van der Waals surface area contributed by atoms with Crippen molar-refractivity contribution < 1.29 is 4.79 Å². The van der Waals surface area contributed by atoms with E-state index in [9.17, 15) is 4.79 Å². The van der Waals surface area contributed by atoms with E-state index in [4.69, 9.17) is 5.73 Å². The van der Waals surface area contributed by atoms with Gasteiger partial charge >= 0.3 is 0 Å². The van der Waals surface area contributed by atoms with Crippen LogP contribution in [0.3, 0.4) is 0 Å².